The predicted molar refractivity (Wildman–Crippen MR) is 288 cm³/mol. The van der Waals surface area contributed by atoms with Crippen LogP contribution in [0.25, 0.3) is 0 Å². The first-order chi connectivity index (χ1) is 33.0. The van der Waals surface area contributed by atoms with Gasteiger partial charge in [-0.2, -0.15) is 0 Å². The van der Waals surface area contributed by atoms with Gasteiger partial charge in [0.05, 0.1) is 0 Å². The Hall–Kier alpha value is -4.19. The molecule has 1 atom stereocenters. The summed E-state index contributed by atoms with van der Waals surface area (Å²) in [6.07, 6.45) is 74.7. The third kappa shape index (κ3) is 52.6. The van der Waals surface area contributed by atoms with Gasteiger partial charge in [-0.3, -0.25) is 14.4 Å². The summed E-state index contributed by atoms with van der Waals surface area (Å²) in [5.74, 6) is -1.04. The minimum atomic E-state index is -0.830. The van der Waals surface area contributed by atoms with Gasteiger partial charge in [-0.1, -0.05) is 187 Å². The largest absolute Gasteiger partial charge is 0.462 e. The summed E-state index contributed by atoms with van der Waals surface area (Å²) in [5.41, 5.74) is 0. The van der Waals surface area contributed by atoms with E-state index in [-0.39, 0.29) is 37.5 Å². The highest BCUT2D eigenvalue weighted by atomic mass is 16.6. The summed E-state index contributed by atoms with van der Waals surface area (Å²) in [4.78, 5) is 38.0. The monoisotopic (exact) mass is 927 g/mol. The van der Waals surface area contributed by atoms with E-state index < -0.39 is 6.10 Å². The molecule has 0 radical (unpaired) electrons. The molecule has 378 valence electrons. The van der Waals surface area contributed by atoms with E-state index in [1.54, 1.807) is 0 Å². The van der Waals surface area contributed by atoms with Gasteiger partial charge < -0.3 is 14.2 Å². The molecule has 0 amide bonds. The maximum atomic E-state index is 12.8. The Morgan fingerprint density at radius 3 is 0.836 bits per heavy atom. The SMILES string of the molecule is CCCCC/C=C\C/C=C\C/C=C\C/C=C\CCCCCC(=O)OC[C@@H](COC(=O)CCCC/C=C\C/C=C\C/C=C\CCCCC)OC(=O)CCCC/C=C\C/C=C\C/C=C\CCCCC. The van der Waals surface area contributed by atoms with Crippen molar-refractivity contribution in [3.8, 4) is 0 Å². The van der Waals surface area contributed by atoms with Crippen molar-refractivity contribution in [2.24, 2.45) is 0 Å². The van der Waals surface area contributed by atoms with Crippen LogP contribution in [-0.4, -0.2) is 37.2 Å². The van der Waals surface area contributed by atoms with Gasteiger partial charge in [0.25, 0.3) is 0 Å². The standard InChI is InChI=1S/C61H98O6/c1-4-7-10-13-16-19-22-25-28-29-30-31-34-36-39-42-45-48-51-54-60(63)66-57-58(67-61(64)55-52-49-46-43-40-37-33-27-24-21-18-15-12-9-6-3)56-65-59(62)53-50-47-44-41-38-35-32-26-23-20-17-14-11-8-5-2/h16-21,25-28,30-33,36,38-41,43,58H,4-15,22-24,29,34-35,37,42,44-57H2,1-3H3/b19-16-,20-17-,21-18-,28-25-,31-30-,32-26-,33-27-,39-36-,41-38-,43-40-/t58-/m1/s1. The van der Waals surface area contributed by atoms with Gasteiger partial charge >= 0.3 is 17.9 Å². The van der Waals surface area contributed by atoms with Crippen molar-refractivity contribution in [1.82, 2.24) is 0 Å². The third-order valence-electron chi connectivity index (χ3n) is 10.9. The molecule has 0 unspecified atom stereocenters. The number of hydrogen-bond acceptors (Lipinski definition) is 6. The topological polar surface area (TPSA) is 78.9 Å². The van der Waals surface area contributed by atoms with Crippen LogP contribution in [0.4, 0.5) is 0 Å². The number of carbonyl (C=O) groups excluding carboxylic acids is 3. The highest BCUT2D eigenvalue weighted by Gasteiger charge is 2.19. The first-order valence-corrected chi connectivity index (χ1v) is 27.0. The number of unbranched alkanes of at least 4 members (excludes halogenated alkanes) is 16. The maximum absolute atomic E-state index is 12.8. The minimum Gasteiger partial charge on any atom is -0.462 e. The lowest BCUT2D eigenvalue weighted by atomic mass is 10.1. The van der Waals surface area contributed by atoms with E-state index in [1.807, 2.05) is 0 Å². The fourth-order valence-corrected chi connectivity index (χ4v) is 6.79. The summed E-state index contributed by atoms with van der Waals surface area (Å²) < 4.78 is 16.7. The van der Waals surface area contributed by atoms with Gasteiger partial charge in [-0.15, -0.1) is 0 Å². The second-order valence-corrected chi connectivity index (χ2v) is 17.4. The lowest BCUT2D eigenvalue weighted by Crippen LogP contribution is -2.30. The maximum Gasteiger partial charge on any atom is 0.306 e. The molecule has 6 heteroatoms. The average Bonchev–Trinajstić information content (AvgIpc) is 3.33. The summed E-state index contributed by atoms with van der Waals surface area (Å²) >= 11 is 0. The predicted octanol–water partition coefficient (Wildman–Crippen LogP) is 18.1. The van der Waals surface area contributed by atoms with E-state index in [9.17, 15) is 14.4 Å². The molecule has 0 heterocycles. The highest BCUT2D eigenvalue weighted by Crippen LogP contribution is 2.11. The number of ether oxygens (including phenoxy) is 3. The van der Waals surface area contributed by atoms with Crippen LogP contribution in [0.3, 0.4) is 0 Å². The summed E-state index contributed by atoms with van der Waals surface area (Å²) in [6.45, 7) is 6.44. The van der Waals surface area contributed by atoms with Gasteiger partial charge in [-0.25, -0.2) is 0 Å². The molecule has 0 saturated carbocycles. The summed E-state index contributed by atoms with van der Waals surface area (Å²) in [6, 6.07) is 0. The van der Waals surface area contributed by atoms with E-state index in [2.05, 4.69) is 142 Å². The zero-order valence-corrected chi connectivity index (χ0v) is 43.1. The smallest absolute Gasteiger partial charge is 0.306 e. The molecule has 0 spiro atoms. The molecule has 0 aromatic rings. The van der Waals surface area contributed by atoms with Crippen molar-refractivity contribution in [1.29, 1.82) is 0 Å². The Kier molecular flexibility index (Phi) is 51.0. The molecule has 0 aliphatic heterocycles. The number of carbonyl (C=O) groups is 3. The Morgan fingerprint density at radius 1 is 0.299 bits per heavy atom. The van der Waals surface area contributed by atoms with Gasteiger partial charge in [0.2, 0.25) is 0 Å². The number of allylic oxidation sites excluding steroid dienone is 20. The van der Waals surface area contributed by atoms with Gasteiger partial charge in [0, 0.05) is 19.3 Å². The van der Waals surface area contributed by atoms with E-state index in [0.717, 1.165) is 96.3 Å². The van der Waals surface area contributed by atoms with Crippen LogP contribution in [0.5, 0.6) is 0 Å². The Morgan fingerprint density at radius 2 is 0.537 bits per heavy atom. The van der Waals surface area contributed by atoms with E-state index in [0.29, 0.717) is 25.7 Å². The van der Waals surface area contributed by atoms with Crippen molar-refractivity contribution >= 4 is 17.9 Å². The Labute approximate surface area is 412 Å². The average molecular weight is 927 g/mol. The molecule has 0 aliphatic carbocycles. The lowest BCUT2D eigenvalue weighted by Gasteiger charge is -2.18. The molecule has 0 N–H and O–H groups in total. The lowest BCUT2D eigenvalue weighted by molar-refractivity contribution is -0.167. The number of esters is 3. The van der Waals surface area contributed by atoms with Crippen LogP contribution < -0.4 is 0 Å². The number of rotatable bonds is 47. The Bertz CT molecular complexity index is 1440. The molecule has 6 nitrogen and oxygen atoms in total. The molecular formula is C61H98O6. The molecule has 0 rings (SSSR count). The van der Waals surface area contributed by atoms with Crippen molar-refractivity contribution < 1.29 is 28.6 Å². The fourth-order valence-electron chi connectivity index (χ4n) is 6.79. The van der Waals surface area contributed by atoms with Gasteiger partial charge in [-0.05, 0) is 141 Å². The summed E-state index contributed by atoms with van der Waals surface area (Å²) in [7, 11) is 0. The summed E-state index contributed by atoms with van der Waals surface area (Å²) in [5, 5.41) is 0. The van der Waals surface area contributed by atoms with Crippen LogP contribution in [-0.2, 0) is 28.6 Å². The number of hydrogen-bond donors (Lipinski definition) is 0. The molecule has 0 fully saturated rings. The van der Waals surface area contributed by atoms with E-state index >= 15 is 0 Å². The van der Waals surface area contributed by atoms with Crippen molar-refractivity contribution in [2.75, 3.05) is 13.2 Å². The quantitative estimate of drug-likeness (QED) is 0.0262. The highest BCUT2D eigenvalue weighted by molar-refractivity contribution is 5.71. The van der Waals surface area contributed by atoms with Crippen molar-refractivity contribution in [2.45, 2.75) is 232 Å². The zero-order chi connectivity index (χ0) is 48.6. The molecule has 0 aromatic heterocycles. The second kappa shape index (κ2) is 54.4. The minimum absolute atomic E-state index is 0.126. The molecule has 0 aliphatic rings. The first-order valence-electron chi connectivity index (χ1n) is 27.0. The van der Waals surface area contributed by atoms with Crippen LogP contribution in [0.1, 0.15) is 226 Å². The van der Waals surface area contributed by atoms with Crippen LogP contribution in [0.15, 0.2) is 122 Å². The molecule has 0 bridgehead atoms. The fraction of sp³-hybridized carbons (Fsp3) is 0.623. The van der Waals surface area contributed by atoms with Crippen LogP contribution >= 0.6 is 0 Å². The van der Waals surface area contributed by atoms with E-state index in [1.165, 1.54) is 77.0 Å². The third-order valence-corrected chi connectivity index (χ3v) is 10.9. The first kappa shape index (κ1) is 62.8. The van der Waals surface area contributed by atoms with Crippen molar-refractivity contribution in [3.63, 3.8) is 0 Å². The zero-order valence-electron chi connectivity index (χ0n) is 43.1. The molecular weight excluding hydrogens is 829 g/mol. The molecule has 0 saturated heterocycles. The second-order valence-electron chi connectivity index (χ2n) is 17.4. The van der Waals surface area contributed by atoms with Gasteiger partial charge in [0.1, 0.15) is 13.2 Å². The van der Waals surface area contributed by atoms with Crippen LogP contribution in [0, 0.1) is 0 Å². The van der Waals surface area contributed by atoms with E-state index in [4.69, 9.17) is 14.2 Å². The van der Waals surface area contributed by atoms with Crippen molar-refractivity contribution in [3.05, 3.63) is 122 Å². The van der Waals surface area contributed by atoms with Crippen LogP contribution in [0.2, 0.25) is 0 Å². The van der Waals surface area contributed by atoms with Gasteiger partial charge in [0.15, 0.2) is 6.10 Å². The Balaban J connectivity index is 4.58. The molecule has 0 aromatic carbocycles. The molecule has 67 heavy (non-hydrogen) atoms. The normalized spacial score (nSPS) is 13.1.